The predicted octanol–water partition coefficient (Wildman–Crippen LogP) is 2.18. The maximum Gasteiger partial charge on any atom is 0.372 e. The minimum atomic E-state index is -0.886. The molecule has 0 unspecified atom stereocenters. The van der Waals surface area contributed by atoms with Crippen molar-refractivity contribution in [3.8, 4) is 6.07 Å². The average molecular weight is 398 g/mol. The van der Waals surface area contributed by atoms with Gasteiger partial charge in [-0.25, -0.2) is 9.59 Å². The number of carbonyl (C=O) groups is 2. The first-order valence-corrected chi connectivity index (χ1v) is 6.78. The van der Waals surface area contributed by atoms with Gasteiger partial charge in [0.25, 0.3) is 0 Å². The average Bonchev–Trinajstić information content (AvgIpc) is 2.46. The van der Waals surface area contributed by atoms with E-state index in [0.717, 1.165) is 3.57 Å². The Hall–Kier alpha value is -2.21. The normalized spacial score (nSPS) is 10.4. The Labute approximate surface area is 135 Å². The second-order valence-corrected chi connectivity index (χ2v) is 5.12. The lowest BCUT2D eigenvalue weighted by atomic mass is 10.1. The quantitative estimate of drug-likeness (QED) is 0.190. The molecule has 0 aliphatic heterocycles. The van der Waals surface area contributed by atoms with Crippen molar-refractivity contribution in [2.75, 3.05) is 6.61 Å². The number of nitrogens with zero attached hydrogens (tertiary/aromatic N) is 2. The molecule has 0 aliphatic rings. The summed E-state index contributed by atoms with van der Waals surface area (Å²) in [5, 5.41) is 12.4. The van der Waals surface area contributed by atoms with Gasteiger partial charge in [-0.3, -0.25) is 0 Å². The largest absolute Gasteiger partial charge is 0.450 e. The Morgan fingerprint density at radius 3 is 2.52 bits per heavy atom. The molecule has 0 fully saturated rings. The molecule has 0 atom stereocenters. The molecule has 0 spiro atoms. The minimum absolute atomic E-state index is 0.0500. The van der Waals surface area contributed by atoms with E-state index in [0.29, 0.717) is 5.56 Å². The van der Waals surface area contributed by atoms with Crippen LogP contribution in [0.4, 0.5) is 0 Å². The van der Waals surface area contributed by atoms with Gasteiger partial charge in [0.15, 0.2) is 12.3 Å². The number of rotatable bonds is 5. The highest BCUT2D eigenvalue weighted by molar-refractivity contribution is 14.1. The molecule has 0 aliphatic carbocycles. The van der Waals surface area contributed by atoms with Gasteiger partial charge in [-0.1, -0.05) is 23.9 Å². The van der Waals surface area contributed by atoms with E-state index in [4.69, 9.17) is 5.26 Å². The molecule has 0 saturated heterocycles. The monoisotopic (exact) mass is 398 g/mol. The van der Waals surface area contributed by atoms with E-state index in [1.54, 1.807) is 24.3 Å². The molecular weight excluding hydrogens is 387 g/mol. The third-order valence-electron chi connectivity index (χ3n) is 2.13. The Morgan fingerprint density at radius 2 is 2.00 bits per heavy atom. The Kier molecular flexibility index (Phi) is 6.55. The summed E-state index contributed by atoms with van der Waals surface area (Å²) < 4.78 is 5.58. The maximum absolute atomic E-state index is 11.3. The summed E-state index contributed by atoms with van der Waals surface area (Å²) in [4.78, 5) is 26.9. The topological polar surface area (TPSA) is 88.8 Å². The van der Waals surface area contributed by atoms with Crippen LogP contribution < -0.4 is 0 Å². The Bertz CT molecular complexity index is 629. The smallest absolute Gasteiger partial charge is 0.372 e. The van der Waals surface area contributed by atoms with Gasteiger partial charge in [-0.2, -0.15) is 5.26 Å². The molecule has 0 bridgehead atoms. The molecule has 0 aromatic heterocycles. The third-order valence-corrected chi connectivity index (χ3v) is 2.85. The molecule has 1 aromatic rings. The second kappa shape index (κ2) is 8.16. The molecule has 108 valence electrons. The number of carbonyl (C=O) groups excluding carboxylic acids is 2. The van der Waals surface area contributed by atoms with Gasteiger partial charge in [0, 0.05) is 14.7 Å². The molecule has 1 rings (SSSR count). The van der Waals surface area contributed by atoms with Crippen LogP contribution in [0.15, 0.2) is 41.6 Å². The number of hydrogen-bond donors (Lipinski definition) is 0. The Balaban J connectivity index is 2.63. The summed E-state index contributed by atoms with van der Waals surface area (Å²) in [5.74, 6) is -1.59. The summed E-state index contributed by atoms with van der Waals surface area (Å²) in [6, 6.07) is 8.77. The summed E-state index contributed by atoms with van der Waals surface area (Å²) in [7, 11) is 0. The highest BCUT2D eigenvalue weighted by Crippen LogP contribution is 2.08. The fourth-order valence-corrected chi connectivity index (χ4v) is 1.48. The van der Waals surface area contributed by atoms with Crippen molar-refractivity contribution in [2.45, 2.75) is 6.92 Å². The van der Waals surface area contributed by atoms with Gasteiger partial charge in [0.1, 0.15) is 6.07 Å². The summed E-state index contributed by atoms with van der Waals surface area (Å²) in [5.41, 5.74) is 0.638. The van der Waals surface area contributed by atoms with Crippen LogP contribution in [0.1, 0.15) is 12.5 Å². The molecule has 0 saturated carbocycles. The highest BCUT2D eigenvalue weighted by atomic mass is 127. The van der Waals surface area contributed by atoms with Crippen molar-refractivity contribution in [1.82, 2.24) is 0 Å². The standard InChI is InChI=1S/C14H11IN2O4/c1-9(2)14(19)20-8-13(18)21-17-12(7-16)10-3-5-11(15)6-4-10/h3-6H,1,8H2,2H3/b17-12+. The molecule has 21 heavy (non-hydrogen) atoms. The van der Waals surface area contributed by atoms with Crippen LogP contribution >= 0.6 is 22.6 Å². The number of oxime groups is 1. The summed E-state index contributed by atoms with van der Waals surface area (Å²) in [6.45, 7) is 4.23. The van der Waals surface area contributed by atoms with Crippen molar-refractivity contribution in [2.24, 2.45) is 5.16 Å². The number of benzene rings is 1. The van der Waals surface area contributed by atoms with E-state index in [-0.39, 0.29) is 11.3 Å². The molecule has 0 N–H and O–H groups in total. The molecule has 0 heterocycles. The van der Waals surface area contributed by atoms with Crippen LogP contribution in [0.5, 0.6) is 0 Å². The fraction of sp³-hybridized carbons (Fsp3) is 0.143. The van der Waals surface area contributed by atoms with Crippen molar-refractivity contribution in [3.05, 3.63) is 45.6 Å². The van der Waals surface area contributed by atoms with Crippen LogP contribution in [0.25, 0.3) is 0 Å². The molecule has 0 radical (unpaired) electrons. The van der Waals surface area contributed by atoms with E-state index in [9.17, 15) is 9.59 Å². The first-order valence-electron chi connectivity index (χ1n) is 5.70. The van der Waals surface area contributed by atoms with E-state index in [2.05, 4.69) is 43.9 Å². The van der Waals surface area contributed by atoms with Crippen molar-refractivity contribution >= 4 is 40.2 Å². The van der Waals surface area contributed by atoms with Crippen LogP contribution in [-0.4, -0.2) is 24.3 Å². The second-order valence-electron chi connectivity index (χ2n) is 3.88. The molecule has 1 aromatic carbocycles. The van der Waals surface area contributed by atoms with E-state index < -0.39 is 18.5 Å². The highest BCUT2D eigenvalue weighted by Gasteiger charge is 2.10. The number of ether oxygens (including phenoxy) is 1. The van der Waals surface area contributed by atoms with E-state index in [1.165, 1.54) is 6.92 Å². The lowest BCUT2D eigenvalue weighted by molar-refractivity contribution is -0.156. The van der Waals surface area contributed by atoms with E-state index >= 15 is 0 Å². The Morgan fingerprint density at radius 1 is 1.38 bits per heavy atom. The van der Waals surface area contributed by atoms with Gasteiger partial charge in [-0.05, 0) is 41.6 Å². The summed E-state index contributed by atoms with van der Waals surface area (Å²) >= 11 is 2.12. The zero-order chi connectivity index (χ0) is 15.8. The third kappa shape index (κ3) is 5.74. The zero-order valence-electron chi connectivity index (χ0n) is 11.1. The molecule has 6 nitrogen and oxygen atoms in total. The van der Waals surface area contributed by atoms with Crippen molar-refractivity contribution in [3.63, 3.8) is 0 Å². The summed E-state index contributed by atoms with van der Waals surface area (Å²) in [6.07, 6.45) is 0. The zero-order valence-corrected chi connectivity index (χ0v) is 13.3. The molecule has 0 amide bonds. The predicted molar refractivity (Wildman–Crippen MR) is 83.2 cm³/mol. The van der Waals surface area contributed by atoms with Crippen LogP contribution in [0.3, 0.4) is 0 Å². The number of halogens is 1. The van der Waals surface area contributed by atoms with Crippen LogP contribution in [-0.2, 0) is 19.2 Å². The number of nitriles is 1. The molecule has 7 heteroatoms. The number of esters is 1. The van der Waals surface area contributed by atoms with E-state index in [1.807, 2.05) is 6.07 Å². The van der Waals surface area contributed by atoms with Crippen molar-refractivity contribution < 1.29 is 19.2 Å². The van der Waals surface area contributed by atoms with Gasteiger partial charge < -0.3 is 9.57 Å². The van der Waals surface area contributed by atoms with Gasteiger partial charge in [0.05, 0.1) is 0 Å². The minimum Gasteiger partial charge on any atom is -0.450 e. The van der Waals surface area contributed by atoms with Crippen molar-refractivity contribution in [1.29, 1.82) is 5.26 Å². The van der Waals surface area contributed by atoms with Crippen LogP contribution in [0, 0.1) is 14.9 Å². The lowest BCUT2D eigenvalue weighted by Gasteiger charge is -2.02. The number of hydrogen-bond acceptors (Lipinski definition) is 6. The van der Waals surface area contributed by atoms with Gasteiger partial charge in [0.2, 0.25) is 0 Å². The van der Waals surface area contributed by atoms with Crippen LogP contribution in [0.2, 0.25) is 0 Å². The maximum atomic E-state index is 11.3. The SMILES string of the molecule is C=C(C)C(=O)OCC(=O)O/N=C(\C#N)c1ccc(I)cc1. The molecular formula is C14H11IN2O4. The lowest BCUT2D eigenvalue weighted by Crippen LogP contribution is -2.15. The first kappa shape index (κ1) is 16.8. The first-order chi connectivity index (χ1) is 9.93. The van der Waals surface area contributed by atoms with Gasteiger partial charge >= 0.3 is 11.9 Å². The van der Waals surface area contributed by atoms with Gasteiger partial charge in [-0.15, -0.1) is 0 Å². The fourth-order valence-electron chi connectivity index (χ4n) is 1.12.